The molecule has 1 aromatic heterocycles. The number of aliphatic hydroxyl groups is 1. The van der Waals surface area contributed by atoms with Crippen LogP contribution >= 0.6 is 0 Å². The molecule has 0 unspecified atom stereocenters. The molecule has 0 aliphatic rings. The Morgan fingerprint density at radius 3 is 2.88 bits per heavy atom. The van der Waals surface area contributed by atoms with Gasteiger partial charge in [-0.05, 0) is 12.1 Å². The zero-order valence-corrected chi connectivity index (χ0v) is 9.42. The van der Waals surface area contributed by atoms with Gasteiger partial charge in [-0.3, -0.25) is 0 Å². The fourth-order valence-electron chi connectivity index (χ4n) is 1.39. The molecule has 5 nitrogen and oxygen atoms in total. The first-order chi connectivity index (χ1) is 8.33. The maximum absolute atomic E-state index is 9.18. The van der Waals surface area contributed by atoms with Crippen molar-refractivity contribution < 1.29 is 19.1 Å². The molecule has 0 fully saturated rings. The zero-order chi connectivity index (χ0) is 12.1. The molecular weight excluding hydrogens is 222 g/mol. The Hall–Kier alpha value is -2.01. The number of methoxy groups -OCH3 is 1. The van der Waals surface area contributed by atoms with Gasteiger partial charge in [-0.1, -0.05) is 5.16 Å². The second kappa shape index (κ2) is 5.36. The molecule has 2 rings (SSSR count). The lowest BCUT2D eigenvalue weighted by molar-refractivity contribution is 0.232. The summed E-state index contributed by atoms with van der Waals surface area (Å²) in [7, 11) is 1.58. The van der Waals surface area contributed by atoms with Gasteiger partial charge in [0.2, 0.25) is 0 Å². The maximum atomic E-state index is 9.18. The first kappa shape index (κ1) is 11.5. The van der Waals surface area contributed by atoms with Gasteiger partial charge in [0.05, 0.1) is 19.9 Å². The van der Waals surface area contributed by atoms with E-state index >= 15 is 0 Å². The summed E-state index contributed by atoms with van der Waals surface area (Å²) in [5.41, 5.74) is 0.699. The van der Waals surface area contributed by atoms with Crippen LogP contribution < -0.4 is 9.47 Å². The van der Waals surface area contributed by atoms with Gasteiger partial charge in [0.1, 0.15) is 18.1 Å². The highest BCUT2D eigenvalue weighted by Gasteiger charge is 2.06. The zero-order valence-electron chi connectivity index (χ0n) is 9.42. The molecule has 5 heteroatoms. The van der Waals surface area contributed by atoms with Gasteiger partial charge in [-0.15, -0.1) is 0 Å². The van der Waals surface area contributed by atoms with Crippen LogP contribution in [0.1, 0.15) is 11.3 Å². The quantitative estimate of drug-likeness (QED) is 0.855. The summed E-state index contributed by atoms with van der Waals surface area (Å²) in [5, 5.41) is 12.8. The van der Waals surface area contributed by atoms with Gasteiger partial charge in [0.15, 0.2) is 5.76 Å². The first-order valence-corrected chi connectivity index (χ1v) is 5.13. The Morgan fingerprint density at radius 1 is 1.35 bits per heavy atom. The fraction of sp³-hybridized carbons (Fsp3) is 0.250. The van der Waals surface area contributed by atoms with Crippen molar-refractivity contribution in [3.8, 4) is 11.5 Å². The molecule has 0 aliphatic carbocycles. The van der Waals surface area contributed by atoms with Crippen molar-refractivity contribution in [1.82, 2.24) is 5.16 Å². The third-order valence-electron chi connectivity index (χ3n) is 2.31. The summed E-state index contributed by atoms with van der Waals surface area (Å²) in [4.78, 5) is 0. The van der Waals surface area contributed by atoms with Crippen LogP contribution in [0.25, 0.3) is 0 Å². The minimum atomic E-state index is -0.0876. The summed E-state index contributed by atoms with van der Waals surface area (Å²) < 4.78 is 15.6. The Kier molecular flexibility index (Phi) is 3.62. The summed E-state index contributed by atoms with van der Waals surface area (Å²) in [5.74, 6) is 1.87. The molecule has 0 saturated heterocycles. The van der Waals surface area contributed by atoms with Gasteiger partial charge in [0.25, 0.3) is 0 Å². The van der Waals surface area contributed by atoms with Gasteiger partial charge >= 0.3 is 0 Å². The molecular formula is C12H13NO4. The van der Waals surface area contributed by atoms with Crippen LogP contribution in [0.2, 0.25) is 0 Å². The van der Waals surface area contributed by atoms with Crippen molar-refractivity contribution >= 4 is 0 Å². The van der Waals surface area contributed by atoms with E-state index in [1.165, 1.54) is 0 Å². The average molecular weight is 235 g/mol. The third kappa shape index (κ3) is 2.76. The molecule has 0 aliphatic heterocycles. The number of aliphatic hydroxyl groups excluding tert-OH is 1. The maximum Gasteiger partial charge on any atom is 0.174 e. The summed E-state index contributed by atoms with van der Waals surface area (Å²) in [6, 6.07) is 6.97. The lowest BCUT2D eigenvalue weighted by Gasteiger charge is -2.10. The van der Waals surface area contributed by atoms with Crippen LogP contribution in [0.5, 0.6) is 11.5 Å². The van der Waals surface area contributed by atoms with Crippen LogP contribution in [0, 0.1) is 0 Å². The van der Waals surface area contributed by atoms with E-state index in [4.69, 9.17) is 14.0 Å². The van der Waals surface area contributed by atoms with E-state index in [0.29, 0.717) is 22.8 Å². The van der Waals surface area contributed by atoms with Crippen molar-refractivity contribution in [2.75, 3.05) is 7.11 Å². The normalized spacial score (nSPS) is 10.2. The smallest absolute Gasteiger partial charge is 0.174 e. The Morgan fingerprint density at radius 2 is 2.24 bits per heavy atom. The topological polar surface area (TPSA) is 64.7 Å². The van der Waals surface area contributed by atoms with Crippen LogP contribution in [-0.4, -0.2) is 17.4 Å². The molecule has 0 atom stereocenters. The predicted molar refractivity (Wildman–Crippen MR) is 59.8 cm³/mol. The van der Waals surface area contributed by atoms with Crippen LogP contribution in [0.3, 0.4) is 0 Å². The molecule has 0 spiro atoms. The Balaban J connectivity index is 2.12. The number of ether oxygens (including phenoxy) is 2. The first-order valence-electron chi connectivity index (χ1n) is 5.13. The molecule has 17 heavy (non-hydrogen) atoms. The van der Waals surface area contributed by atoms with Crippen molar-refractivity contribution in [2.24, 2.45) is 0 Å². The number of nitrogens with zero attached hydrogens (tertiary/aromatic N) is 1. The standard InChI is InChI=1S/C12H13NO4/c1-15-10-3-2-9(7-14)12(6-10)16-8-11-4-5-13-17-11/h2-6,14H,7-8H2,1H3. The molecule has 1 heterocycles. The number of hydrogen-bond donors (Lipinski definition) is 1. The van der Waals surface area contributed by atoms with Crippen LogP contribution in [0.4, 0.5) is 0 Å². The highest BCUT2D eigenvalue weighted by molar-refractivity contribution is 5.40. The molecule has 2 aromatic rings. The Bertz CT molecular complexity index is 467. The minimum absolute atomic E-state index is 0.0876. The summed E-state index contributed by atoms with van der Waals surface area (Å²) in [6.07, 6.45) is 1.55. The number of benzene rings is 1. The monoisotopic (exact) mass is 235 g/mol. The highest BCUT2D eigenvalue weighted by Crippen LogP contribution is 2.25. The van der Waals surface area contributed by atoms with Gasteiger partial charge in [0, 0.05) is 17.7 Å². The largest absolute Gasteiger partial charge is 0.497 e. The number of hydrogen-bond acceptors (Lipinski definition) is 5. The molecule has 0 radical (unpaired) electrons. The van der Waals surface area contributed by atoms with Gasteiger partial charge in [-0.2, -0.15) is 0 Å². The van der Waals surface area contributed by atoms with Gasteiger partial charge in [-0.25, -0.2) is 0 Å². The van der Waals surface area contributed by atoms with E-state index in [1.54, 1.807) is 37.6 Å². The minimum Gasteiger partial charge on any atom is -0.497 e. The second-order valence-electron chi connectivity index (χ2n) is 3.40. The van der Waals surface area contributed by atoms with E-state index in [0.717, 1.165) is 0 Å². The van der Waals surface area contributed by atoms with E-state index in [2.05, 4.69) is 5.16 Å². The molecule has 0 amide bonds. The molecule has 0 bridgehead atoms. The van der Waals surface area contributed by atoms with Gasteiger partial charge < -0.3 is 19.1 Å². The van der Waals surface area contributed by atoms with Crippen molar-refractivity contribution in [2.45, 2.75) is 13.2 Å². The van der Waals surface area contributed by atoms with E-state index in [9.17, 15) is 5.11 Å². The lowest BCUT2D eigenvalue weighted by Crippen LogP contribution is -1.98. The highest BCUT2D eigenvalue weighted by atomic mass is 16.5. The fourth-order valence-corrected chi connectivity index (χ4v) is 1.39. The second-order valence-corrected chi connectivity index (χ2v) is 3.40. The average Bonchev–Trinajstić information content (AvgIpc) is 2.89. The number of aromatic nitrogens is 1. The van der Waals surface area contributed by atoms with E-state index in [1.807, 2.05) is 0 Å². The third-order valence-corrected chi connectivity index (χ3v) is 2.31. The molecule has 90 valence electrons. The Labute approximate surface area is 98.6 Å². The van der Waals surface area contributed by atoms with E-state index in [-0.39, 0.29) is 13.2 Å². The molecule has 0 saturated carbocycles. The lowest BCUT2D eigenvalue weighted by atomic mass is 10.2. The van der Waals surface area contributed by atoms with Crippen LogP contribution in [0.15, 0.2) is 35.0 Å². The number of rotatable bonds is 5. The van der Waals surface area contributed by atoms with Crippen LogP contribution in [-0.2, 0) is 13.2 Å². The predicted octanol–water partition coefficient (Wildman–Crippen LogP) is 1.75. The van der Waals surface area contributed by atoms with Crippen molar-refractivity contribution in [1.29, 1.82) is 0 Å². The van der Waals surface area contributed by atoms with Crippen molar-refractivity contribution in [3.63, 3.8) is 0 Å². The molecule has 1 aromatic carbocycles. The van der Waals surface area contributed by atoms with Crippen molar-refractivity contribution in [3.05, 3.63) is 41.8 Å². The SMILES string of the molecule is COc1ccc(CO)c(OCc2ccno2)c1. The summed E-state index contributed by atoms with van der Waals surface area (Å²) in [6.45, 7) is 0.176. The molecule has 1 N–H and O–H groups in total. The van der Waals surface area contributed by atoms with E-state index < -0.39 is 0 Å². The summed E-state index contributed by atoms with van der Waals surface area (Å²) >= 11 is 0.